The van der Waals surface area contributed by atoms with Gasteiger partial charge in [0.2, 0.25) is 5.91 Å². The highest BCUT2D eigenvalue weighted by molar-refractivity contribution is 5.93. The first-order valence-corrected chi connectivity index (χ1v) is 9.70. The third kappa shape index (κ3) is 4.03. The van der Waals surface area contributed by atoms with Gasteiger partial charge in [0, 0.05) is 25.2 Å². The number of carbonyl (C=O) groups excluding carboxylic acids is 1. The van der Waals surface area contributed by atoms with Gasteiger partial charge in [0.05, 0.1) is 23.5 Å². The monoisotopic (exact) mass is 366 g/mol. The lowest BCUT2D eigenvalue weighted by molar-refractivity contribution is -0.120. The lowest BCUT2D eigenvalue weighted by atomic mass is 9.99. The van der Waals surface area contributed by atoms with E-state index in [0.717, 1.165) is 49.6 Å². The Morgan fingerprint density at radius 2 is 2.11 bits per heavy atom. The molecule has 2 saturated heterocycles. The number of amides is 1. The van der Waals surface area contributed by atoms with Crippen LogP contribution in [0.1, 0.15) is 25.7 Å². The number of carbonyl (C=O) groups is 1. The van der Waals surface area contributed by atoms with Crippen LogP contribution >= 0.6 is 0 Å². The molecule has 1 atom stereocenters. The molecule has 2 aromatic rings. The van der Waals surface area contributed by atoms with Gasteiger partial charge in [-0.2, -0.15) is 0 Å². The minimum atomic E-state index is -0.0156. The Kier molecular flexibility index (Phi) is 5.20. The summed E-state index contributed by atoms with van der Waals surface area (Å²) in [7, 11) is 0. The predicted molar refractivity (Wildman–Crippen MR) is 108 cm³/mol. The zero-order chi connectivity index (χ0) is 18.6. The van der Waals surface area contributed by atoms with Crippen molar-refractivity contribution in [1.29, 1.82) is 0 Å². The number of hydrogen-bond acceptors (Lipinski definition) is 6. The Morgan fingerprint density at radius 3 is 2.89 bits per heavy atom. The van der Waals surface area contributed by atoms with Crippen molar-refractivity contribution in [2.45, 2.75) is 25.7 Å². The van der Waals surface area contributed by atoms with E-state index in [1.54, 1.807) is 6.20 Å². The first kappa shape index (κ1) is 17.7. The molecular weight excluding hydrogens is 340 g/mol. The summed E-state index contributed by atoms with van der Waals surface area (Å²) in [6.45, 7) is 3.78. The Bertz CT molecular complexity index is 812. The Balaban J connectivity index is 1.55. The number of pyridine rings is 2. The van der Waals surface area contributed by atoms with E-state index < -0.39 is 0 Å². The van der Waals surface area contributed by atoms with E-state index in [0.29, 0.717) is 18.1 Å². The molecule has 1 amide bonds. The standard InChI is InChI=1S/C20H26N6O/c21-16-13-23-18(25-20(27)14-5-4-8-22-12-14)11-15(16)17-6-3-7-19(24-17)26-9-1-2-10-26/h3,6-7,11,13-14,22H,1-2,4-5,8-10,12,21H2,(H,23,25,27). The lowest BCUT2D eigenvalue weighted by Crippen LogP contribution is -2.37. The maximum Gasteiger partial charge on any atom is 0.229 e. The second kappa shape index (κ2) is 7.92. The van der Waals surface area contributed by atoms with Crippen molar-refractivity contribution >= 4 is 23.2 Å². The van der Waals surface area contributed by atoms with Gasteiger partial charge in [0.25, 0.3) is 0 Å². The summed E-state index contributed by atoms with van der Waals surface area (Å²) in [5.74, 6) is 1.48. The van der Waals surface area contributed by atoms with Crippen LogP contribution in [0.2, 0.25) is 0 Å². The van der Waals surface area contributed by atoms with Crippen molar-refractivity contribution in [1.82, 2.24) is 15.3 Å². The normalized spacial score (nSPS) is 19.9. The van der Waals surface area contributed by atoms with Crippen molar-refractivity contribution in [3.8, 4) is 11.3 Å². The van der Waals surface area contributed by atoms with Gasteiger partial charge < -0.3 is 21.3 Å². The predicted octanol–water partition coefficient (Wildman–Crippen LogP) is 2.26. The summed E-state index contributed by atoms with van der Waals surface area (Å²) in [6.07, 6.45) is 5.92. The summed E-state index contributed by atoms with van der Waals surface area (Å²) < 4.78 is 0. The number of aromatic nitrogens is 2. The molecule has 0 saturated carbocycles. The molecular formula is C20H26N6O. The number of anilines is 3. The van der Waals surface area contributed by atoms with Crippen LogP contribution in [0.15, 0.2) is 30.5 Å². The molecule has 27 heavy (non-hydrogen) atoms. The van der Waals surface area contributed by atoms with Gasteiger partial charge in [0.15, 0.2) is 0 Å². The van der Waals surface area contributed by atoms with Crippen LogP contribution in [0.4, 0.5) is 17.3 Å². The average Bonchev–Trinajstić information content (AvgIpc) is 3.25. The number of rotatable bonds is 4. The number of nitrogens with two attached hydrogens (primary N) is 1. The Morgan fingerprint density at radius 1 is 1.26 bits per heavy atom. The molecule has 0 spiro atoms. The maximum atomic E-state index is 12.5. The molecule has 2 aromatic heterocycles. The van der Waals surface area contributed by atoms with Crippen molar-refractivity contribution in [2.24, 2.45) is 5.92 Å². The molecule has 2 aliphatic heterocycles. The summed E-state index contributed by atoms with van der Waals surface area (Å²) in [6, 6.07) is 7.80. The fraction of sp³-hybridized carbons (Fsp3) is 0.450. The molecule has 4 N–H and O–H groups in total. The first-order valence-electron chi connectivity index (χ1n) is 9.70. The minimum Gasteiger partial charge on any atom is -0.397 e. The molecule has 7 heteroatoms. The molecule has 1 unspecified atom stereocenters. The van der Waals surface area contributed by atoms with Crippen molar-refractivity contribution in [3.63, 3.8) is 0 Å². The third-order valence-electron chi connectivity index (χ3n) is 5.29. The summed E-state index contributed by atoms with van der Waals surface area (Å²) >= 11 is 0. The molecule has 0 aromatic carbocycles. The number of nitrogens with one attached hydrogen (secondary N) is 2. The fourth-order valence-corrected chi connectivity index (χ4v) is 3.76. The van der Waals surface area contributed by atoms with E-state index in [9.17, 15) is 4.79 Å². The number of hydrogen-bond donors (Lipinski definition) is 3. The zero-order valence-electron chi connectivity index (χ0n) is 15.4. The van der Waals surface area contributed by atoms with Crippen molar-refractivity contribution in [3.05, 3.63) is 30.5 Å². The van der Waals surface area contributed by atoms with Gasteiger partial charge in [-0.15, -0.1) is 0 Å². The SMILES string of the molecule is Nc1cnc(NC(=O)C2CCCNC2)cc1-c1cccc(N2CCCC2)n1. The summed E-state index contributed by atoms with van der Waals surface area (Å²) in [4.78, 5) is 23.8. The summed E-state index contributed by atoms with van der Waals surface area (Å²) in [5.41, 5.74) is 8.31. The first-order chi connectivity index (χ1) is 13.2. The van der Waals surface area contributed by atoms with Gasteiger partial charge in [-0.25, -0.2) is 9.97 Å². The average molecular weight is 366 g/mol. The molecule has 2 fully saturated rings. The maximum absolute atomic E-state index is 12.5. The van der Waals surface area contributed by atoms with E-state index in [2.05, 4.69) is 20.5 Å². The van der Waals surface area contributed by atoms with Gasteiger partial charge in [-0.3, -0.25) is 4.79 Å². The smallest absolute Gasteiger partial charge is 0.229 e. The van der Waals surface area contributed by atoms with Gasteiger partial charge in [0.1, 0.15) is 11.6 Å². The second-order valence-electron chi connectivity index (χ2n) is 7.26. The van der Waals surface area contributed by atoms with Crippen LogP contribution in [-0.4, -0.2) is 42.1 Å². The number of piperidine rings is 1. The molecule has 0 bridgehead atoms. The van der Waals surface area contributed by atoms with E-state index >= 15 is 0 Å². The Labute approximate surface area is 159 Å². The van der Waals surface area contributed by atoms with Gasteiger partial charge in [-0.05, 0) is 50.4 Å². The summed E-state index contributed by atoms with van der Waals surface area (Å²) in [5, 5.41) is 6.20. The minimum absolute atomic E-state index is 0.00389. The number of nitrogen functional groups attached to an aromatic ring is 1. The highest BCUT2D eigenvalue weighted by Gasteiger charge is 2.21. The van der Waals surface area contributed by atoms with Crippen LogP contribution in [0.3, 0.4) is 0 Å². The molecule has 4 rings (SSSR count). The largest absolute Gasteiger partial charge is 0.397 e. The van der Waals surface area contributed by atoms with Crippen molar-refractivity contribution < 1.29 is 4.79 Å². The fourth-order valence-electron chi connectivity index (χ4n) is 3.76. The van der Waals surface area contributed by atoms with Crippen molar-refractivity contribution in [2.75, 3.05) is 42.1 Å². The molecule has 142 valence electrons. The third-order valence-corrected chi connectivity index (χ3v) is 5.29. The molecule has 0 radical (unpaired) electrons. The van der Waals surface area contributed by atoms with E-state index in [1.807, 2.05) is 24.3 Å². The van der Waals surface area contributed by atoms with E-state index in [4.69, 9.17) is 10.7 Å². The lowest BCUT2D eigenvalue weighted by Gasteiger charge is -2.21. The Hall–Kier alpha value is -2.67. The van der Waals surface area contributed by atoms with Crippen LogP contribution in [0, 0.1) is 5.92 Å². The van der Waals surface area contributed by atoms with Crippen LogP contribution in [0.5, 0.6) is 0 Å². The second-order valence-corrected chi connectivity index (χ2v) is 7.26. The highest BCUT2D eigenvalue weighted by atomic mass is 16.2. The molecule has 2 aliphatic rings. The molecule has 0 aliphatic carbocycles. The van der Waals surface area contributed by atoms with Gasteiger partial charge in [-0.1, -0.05) is 6.07 Å². The quantitative estimate of drug-likeness (QED) is 0.768. The van der Waals surface area contributed by atoms with Crippen LogP contribution in [0.25, 0.3) is 11.3 Å². The molecule has 4 heterocycles. The van der Waals surface area contributed by atoms with E-state index in [1.165, 1.54) is 12.8 Å². The topological polar surface area (TPSA) is 96.2 Å². The van der Waals surface area contributed by atoms with E-state index in [-0.39, 0.29) is 11.8 Å². The number of nitrogens with zero attached hydrogens (tertiary/aromatic N) is 3. The van der Waals surface area contributed by atoms with Crippen LogP contribution in [-0.2, 0) is 4.79 Å². The van der Waals surface area contributed by atoms with Gasteiger partial charge >= 0.3 is 0 Å². The highest BCUT2D eigenvalue weighted by Crippen LogP contribution is 2.28. The zero-order valence-corrected chi connectivity index (χ0v) is 15.4. The van der Waals surface area contributed by atoms with Crippen LogP contribution < -0.4 is 21.3 Å². The molecule has 7 nitrogen and oxygen atoms in total.